The zero-order valence-electron chi connectivity index (χ0n) is 18.6. The van der Waals surface area contributed by atoms with Gasteiger partial charge in [0.2, 0.25) is 17.6 Å². The smallest absolute Gasteiger partial charge is 0.241 e. The summed E-state index contributed by atoms with van der Waals surface area (Å²) in [6.07, 6.45) is 0. The van der Waals surface area contributed by atoms with E-state index >= 15 is 0 Å². The van der Waals surface area contributed by atoms with Gasteiger partial charge in [0.05, 0.1) is 12.6 Å². The number of aryl methyl sites for hydroxylation is 1. The molecule has 0 bridgehead atoms. The van der Waals surface area contributed by atoms with Gasteiger partial charge in [-0.25, -0.2) is 0 Å². The van der Waals surface area contributed by atoms with E-state index in [0.29, 0.717) is 23.3 Å². The molecule has 4 rings (SSSR count). The van der Waals surface area contributed by atoms with Crippen molar-refractivity contribution in [3.05, 3.63) is 64.5 Å². The zero-order valence-corrected chi connectivity index (χ0v) is 19.4. The number of benzene rings is 2. The minimum atomic E-state index is -0.230. The molecule has 1 saturated heterocycles. The summed E-state index contributed by atoms with van der Waals surface area (Å²) in [6, 6.07) is 13.3. The van der Waals surface area contributed by atoms with Crippen molar-refractivity contribution in [3.63, 3.8) is 0 Å². The molecule has 1 aliphatic heterocycles. The fourth-order valence-corrected chi connectivity index (χ4v) is 4.07. The van der Waals surface area contributed by atoms with Gasteiger partial charge in [0.25, 0.3) is 0 Å². The lowest BCUT2D eigenvalue weighted by Gasteiger charge is -2.36. The third-order valence-corrected chi connectivity index (χ3v) is 6.48. The molecule has 0 radical (unpaired) electrons. The van der Waals surface area contributed by atoms with Crippen molar-refractivity contribution >= 4 is 23.2 Å². The van der Waals surface area contributed by atoms with E-state index in [-0.39, 0.29) is 11.9 Å². The van der Waals surface area contributed by atoms with Crippen molar-refractivity contribution in [2.24, 2.45) is 0 Å². The van der Waals surface area contributed by atoms with Crippen molar-refractivity contribution < 1.29 is 9.32 Å². The Morgan fingerprint density at radius 3 is 2.62 bits per heavy atom. The van der Waals surface area contributed by atoms with Gasteiger partial charge in [0, 0.05) is 42.5 Å². The highest BCUT2D eigenvalue weighted by molar-refractivity contribution is 6.31. The van der Waals surface area contributed by atoms with Gasteiger partial charge in [0.15, 0.2) is 0 Å². The Morgan fingerprint density at radius 1 is 1.12 bits per heavy atom. The molecule has 0 aliphatic carbocycles. The number of aromatic nitrogens is 2. The first-order valence-electron chi connectivity index (χ1n) is 10.8. The topological polar surface area (TPSA) is 74.5 Å². The largest absolute Gasteiger partial charge is 0.338 e. The van der Waals surface area contributed by atoms with Crippen molar-refractivity contribution in [2.75, 3.05) is 31.5 Å². The average molecular weight is 454 g/mol. The molecule has 32 heavy (non-hydrogen) atoms. The summed E-state index contributed by atoms with van der Waals surface area (Å²) in [5, 5.41) is 7.81. The molecular formula is C24H28ClN5O2. The third-order valence-electron chi connectivity index (χ3n) is 6.07. The van der Waals surface area contributed by atoms with Gasteiger partial charge >= 0.3 is 0 Å². The molecular weight excluding hydrogens is 426 g/mol. The molecule has 1 amide bonds. The fourth-order valence-electron chi connectivity index (χ4n) is 3.90. The first kappa shape index (κ1) is 22.5. The highest BCUT2D eigenvalue weighted by atomic mass is 35.5. The van der Waals surface area contributed by atoms with E-state index in [9.17, 15) is 4.79 Å². The molecule has 0 saturated carbocycles. The highest BCUT2D eigenvalue weighted by Crippen LogP contribution is 2.24. The molecule has 3 aromatic rings. The maximum absolute atomic E-state index is 12.8. The van der Waals surface area contributed by atoms with E-state index in [1.807, 2.05) is 63.2 Å². The lowest BCUT2D eigenvalue weighted by molar-refractivity contribution is -0.121. The van der Waals surface area contributed by atoms with Gasteiger partial charge in [-0.1, -0.05) is 47.1 Å². The number of carbonyl (C=O) groups is 1. The minimum absolute atomic E-state index is 0.0245. The number of hydrogen-bond acceptors (Lipinski definition) is 6. The second-order valence-corrected chi connectivity index (χ2v) is 8.62. The molecule has 0 spiro atoms. The third kappa shape index (κ3) is 5.01. The Morgan fingerprint density at radius 2 is 1.88 bits per heavy atom. The van der Waals surface area contributed by atoms with Crippen LogP contribution < -0.4 is 5.32 Å². The number of anilines is 1. The van der Waals surface area contributed by atoms with Gasteiger partial charge in [-0.2, -0.15) is 4.98 Å². The number of halogens is 1. The Bertz CT molecular complexity index is 1090. The Labute approximate surface area is 193 Å². The number of hydrogen-bond donors (Lipinski definition) is 1. The standard InChI is InChI=1S/C24H28ClN5O2/c1-16-7-4-5-8-19(16)23-27-22(32-28-23)15-29-11-13-30(14-12-29)18(3)24(31)26-21-10-6-9-20(25)17(21)2/h4-10,18H,11-15H2,1-3H3,(H,26,31). The molecule has 7 nitrogen and oxygen atoms in total. The summed E-state index contributed by atoms with van der Waals surface area (Å²) < 4.78 is 5.49. The van der Waals surface area contributed by atoms with E-state index < -0.39 is 0 Å². The van der Waals surface area contributed by atoms with Crippen molar-refractivity contribution in [3.8, 4) is 11.4 Å². The van der Waals surface area contributed by atoms with Crippen molar-refractivity contribution in [1.29, 1.82) is 0 Å². The van der Waals surface area contributed by atoms with Gasteiger partial charge in [-0.05, 0) is 44.0 Å². The maximum atomic E-state index is 12.8. The summed E-state index contributed by atoms with van der Waals surface area (Å²) in [5.74, 6) is 1.21. The lowest BCUT2D eigenvalue weighted by Crippen LogP contribution is -2.52. The summed E-state index contributed by atoms with van der Waals surface area (Å²) in [7, 11) is 0. The van der Waals surface area contributed by atoms with Crippen LogP contribution in [0, 0.1) is 13.8 Å². The van der Waals surface area contributed by atoms with Crippen LogP contribution in [0.2, 0.25) is 5.02 Å². The van der Waals surface area contributed by atoms with Crippen LogP contribution in [0.5, 0.6) is 0 Å². The van der Waals surface area contributed by atoms with E-state index in [1.165, 1.54) is 0 Å². The lowest BCUT2D eigenvalue weighted by atomic mass is 10.1. The van der Waals surface area contributed by atoms with Gasteiger partial charge < -0.3 is 9.84 Å². The number of nitrogens with zero attached hydrogens (tertiary/aromatic N) is 4. The Balaban J connectivity index is 1.30. The first-order chi connectivity index (χ1) is 15.4. The molecule has 1 N–H and O–H groups in total. The molecule has 8 heteroatoms. The van der Waals surface area contributed by atoms with Crippen molar-refractivity contribution in [2.45, 2.75) is 33.4 Å². The quantitative estimate of drug-likeness (QED) is 0.604. The highest BCUT2D eigenvalue weighted by Gasteiger charge is 2.27. The van der Waals surface area contributed by atoms with Crippen LogP contribution in [0.1, 0.15) is 23.9 Å². The second kappa shape index (κ2) is 9.81. The first-order valence-corrected chi connectivity index (χ1v) is 11.2. The number of rotatable bonds is 6. The van der Waals surface area contributed by atoms with E-state index in [1.54, 1.807) is 0 Å². The minimum Gasteiger partial charge on any atom is -0.338 e. The molecule has 1 aliphatic rings. The van der Waals surface area contributed by atoms with E-state index in [4.69, 9.17) is 16.1 Å². The van der Waals surface area contributed by atoms with Gasteiger partial charge in [0.1, 0.15) is 0 Å². The average Bonchev–Trinajstić information content (AvgIpc) is 3.25. The zero-order chi connectivity index (χ0) is 22.7. The van der Waals surface area contributed by atoms with E-state index in [0.717, 1.165) is 48.6 Å². The van der Waals surface area contributed by atoms with Crippen molar-refractivity contribution in [1.82, 2.24) is 19.9 Å². The molecule has 168 valence electrons. The second-order valence-electron chi connectivity index (χ2n) is 8.22. The molecule has 1 fully saturated rings. The maximum Gasteiger partial charge on any atom is 0.241 e. The molecule has 1 unspecified atom stereocenters. The molecule has 2 aromatic carbocycles. The Kier molecular flexibility index (Phi) is 6.89. The predicted molar refractivity (Wildman–Crippen MR) is 126 cm³/mol. The van der Waals surface area contributed by atoms with Crippen LogP contribution in [0.3, 0.4) is 0 Å². The summed E-state index contributed by atoms with van der Waals surface area (Å²) in [6.45, 7) is 9.74. The molecule has 2 heterocycles. The normalized spacial score (nSPS) is 16.1. The summed E-state index contributed by atoms with van der Waals surface area (Å²) >= 11 is 6.17. The predicted octanol–water partition coefficient (Wildman–Crippen LogP) is 4.15. The van der Waals surface area contributed by atoms with Crippen LogP contribution >= 0.6 is 11.6 Å². The van der Waals surface area contributed by atoms with Crippen LogP contribution in [0.25, 0.3) is 11.4 Å². The number of piperazine rings is 1. The Hall–Kier alpha value is -2.74. The molecule has 1 aromatic heterocycles. The van der Waals surface area contributed by atoms with Gasteiger partial charge in [-0.3, -0.25) is 14.6 Å². The summed E-state index contributed by atoms with van der Waals surface area (Å²) in [4.78, 5) is 21.8. The van der Waals surface area contributed by atoms with Crippen LogP contribution in [-0.4, -0.2) is 58.1 Å². The van der Waals surface area contributed by atoms with Crippen LogP contribution in [0.4, 0.5) is 5.69 Å². The SMILES string of the molecule is Cc1ccccc1-c1noc(CN2CCN(C(C)C(=O)Nc3cccc(Cl)c3C)CC2)n1. The van der Waals surface area contributed by atoms with Crippen LogP contribution in [-0.2, 0) is 11.3 Å². The summed E-state index contributed by atoms with van der Waals surface area (Å²) in [5.41, 5.74) is 3.74. The molecule has 1 atom stereocenters. The van der Waals surface area contributed by atoms with Gasteiger partial charge in [-0.15, -0.1) is 0 Å². The number of amides is 1. The number of nitrogens with one attached hydrogen (secondary N) is 1. The van der Waals surface area contributed by atoms with Crippen LogP contribution in [0.15, 0.2) is 47.0 Å². The fraction of sp³-hybridized carbons (Fsp3) is 0.375. The monoisotopic (exact) mass is 453 g/mol. The van der Waals surface area contributed by atoms with E-state index in [2.05, 4.69) is 25.3 Å². The number of carbonyl (C=O) groups excluding carboxylic acids is 1.